The lowest BCUT2D eigenvalue weighted by Gasteiger charge is -1.92. The van der Waals surface area contributed by atoms with Crippen LogP contribution in [0.2, 0.25) is 5.02 Å². The molecule has 0 aliphatic carbocycles. The summed E-state index contributed by atoms with van der Waals surface area (Å²) in [5.74, 6) is 0. The van der Waals surface area contributed by atoms with E-state index in [1.54, 1.807) is 42.5 Å². The fourth-order valence-corrected chi connectivity index (χ4v) is 1.56. The molecule has 0 unspecified atom stereocenters. The Morgan fingerprint density at radius 1 is 1.05 bits per heavy atom. The van der Waals surface area contributed by atoms with E-state index in [-0.39, 0.29) is 5.69 Å². The molecule has 0 aliphatic heterocycles. The fraction of sp³-hybridized carbons (Fsp3) is 0. The summed E-state index contributed by atoms with van der Waals surface area (Å²) in [6.45, 7) is 0. The van der Waals surface area contributed by atoms with Crippen molar-refractivity contribution in [2.24, 2.45) is 10.2 Å². The minimum atomic E-state index is -0.437. The van der Waals surface area contributed by atoms with Gasteiger partial charge >= 0.3 is 0 Å². The maximum Gasteiger partial charge on any atom is 0.269 e. The number of azo groups is 1. The highest BCUT2D eigenvalue weighted by Gasteiger charge is 2.01. The smallest absolute Gasteiger partial charge is 0.258 e. The molecule has 0 aromatic heterocycles. The number of non-ortho nitro benzene ring substituents is 1. The summed E-state index contributed by atoms with van der Waals surface area (Å²) in [4.78, 5) is 10.1. The molecule has 2 aromatic carbocycles. The van der Waals surface area contributed by atoms with Crippen molar-refractivity contribution in [2.45, 2.75) is 0 Å². The summed E-state index contributed by atoms with van der Waals surface area (Å²) in [6, 6.07) is 13.1. The van der Waals surface area contributed by atoms with Crippen molar-refractivity contribution < 1.29 is 4.92 Å². The highest BCUT2D eigenvalue weighted by molar-refractivity contribution is 6.30. The molecule has 0 saturated heterocycles. The maximum absolute atomic E-state index is 10.5. The van der Waals surface area contributed by atoms with Crippen LogP contribution >= 0.6 is 11.6 Å². The molecule has 0 saturated carbocycles. The van der Waals surface area contributed by atoms with Gasteiger partial charge in [-0.1, -0.05) is 11.6 Å². The summed E-state index contributed by atoms with van der Waals surface area (Å²) in [7, 11) is 0. The largest absolute Gasteiger partial charge is 0.269 e. The lowest BCUT2D eigenvalue weighted by atomic mass is 10.2. The van der Waals surface area contributed by atoms with E-state index in [9.17, 15) is 10.1 Å². The third kappa shape index (κ3) is 4.00. The van der Waals surface area contributed by atoms with Gasteiger partial charge in [-0.3, -0.25) is 10.1 Å². The standard InChI is InChI=1S/C14H10ClN3O2/c15-12-3-5-13(6-4-12)17-16-10-9-11-1-7-14(8-2-11)18(19)20/h1-10H/b10-9+,17-16?. The monoisotopic (exact) mass is 287 g/mol. The predicted octanol–water partition coefficient (Wildman–Crippen LogP) is 5.00. The minimum absolute atomic E-state index is 0.0601. The second-order valence-corrected chi connectivity index (χ2v) is 4.29. The molecule has 5 nitrogen and oxygen atoms in total. The number of benzene rings is 2. The van der Waals surface area contributed by atoms with Gasteiger partial charge in [0.1, 0.15) is 0 Å². The van der Waals surface area contributed by atoms with Crippen LogP contribution in [0.4, 0.5) is 11.4 Å². The molecular formula is C14H10ClN3O2. The van der Waals surface area contributed by atoms with E-state index < -0.39 is 4.92 Å². The molecule has 6 heteroatoms. The first kappa shape index (κ1) is 13.9. The Labute approximate surface area is 120 Å². The third-order valence-electron chi connectivity index (χ3n) is 2.44. The molecule has 20 heavy (non-hydrogen) atoms. The lowest BCUT2D eigenvalue weighted by Crippen LogP contribution is -1.86. The van der Waals surface area contributed by atoms with Crippen LogP contribution in [0.25, 0.3) is 6.08 Å². The van der Waals surface area contributed by atoms with Crippen LogP contribution < -0.4 is 0 Å². The van der Waals surface area contributed by atoms with E-state index in [2.05, 4.69) is 10.2 Å². The molecule has 0 amide bonds. The number of nitro benzene ring substituents is 1. The molecule has 100 valence electrons. The molecule has 0 bridgehead atoms. The summed E-state index contributed by atoms with van der Waals surface area (Å²) >= 11 is 5.75. The Bertz CT molecular complexity index is 649. The molecule has 0 N–H and O–H groups in total. The minimum Gasteiger partial charge on any atom is -0.258 e. The first-order valence-electron chi connectivity index (χ1n) is 5.72. The van der Waals surface area contributed by atoms with E-state index in [1.165, 1.54) is 18.3 Å². The van der Waals surface area contributed by atoms with E-state index >= 15 is 0 Å². The highest BCUT2D eigenvalue weighted by Crippen LogP contribution is 2.17. The van der Waals surface area contributed by atoms with Gasteiger partial charge in [-0.2, -0.15) is 10.2 Å². The van der Waals surface area contributed by atoms with Gasteiger partial charge in [-0.05, 0) is 48.0 Å². The molecule has 0 radical (unpaired) electrons. The molecule has 0 heterocycles. The van der Waals surface area contributed by atoms with Gasteiger partial charge in [0, 0.05) is 17.2 Å². The number of hydrogen-bond donors (Lipinski definition) is 0. The number of hydrogen-bond acceptors (Lipinski definition) is 4. The lowest BCUT2D eigenvalue weighted by molar-refractivity contribution is -0.384. The summed E-state index contributed by atoms with van der Waals surface area (Å²) in [5, 5.41) is 19.0. The number of nitrogens with zero attached hydrogens (tertiary/aromatic N) is 3. The van der Waals surface area contributed by atoms with Gasteiger partial charge in [0.2, 0.25) is 0 Å². The normalized spacial score (nSPS) is 11.2. The van der Waals surface area contributed by atoms with Crippen LogP contribution in [-0.2, 0) is 0 Å². The van der Waals surface area contributed by atoms with Crippen molar-refractivity contribution in [3.8, 4) is 0 Å². The van der Waals surface area contributed by atoms with Crippen LogP contribution in [0.1, 0.15) is 5.56 Å². The molecule has 2 rings (SSSR count). The second kappa shape index (κ2) is 6.58. The Morgan fingerprint density at radius 3 is 2.30 bits per heavy atom. The number of rotatable bonds is 4. The summed E-state index contributed by atoms with van der Waals surface area (Å²) in [5.41, 5.74) is 1.57. The molecule has 0 fully saturated rings. The zero-order valence-electron chi connectivity index (χ0n) is 10.3. The van der Waals surface area contributed by atoms with Gasteiger partial charge in [-0.15, -0.1) is 0 Å². The Balaban J connectivity index is 1.99. The molecular weight excluding hydrogens is 278 g/mol. The average molecular weight is 288 g/mol. The van der Waals surface area contributed by atoms with Crippen molar-refractivity contribution in [3.05, 3.63) is 75.4 Å². The van der Waals surface area contributed by atoms with Crippen molar-refractivity contribution in [2.75, 3.05) is 0 Å². The first-order valence-corrected chi connectivity index (χ1v) is 6.10. The Morgan fingerprint density at radius 2 is 1.70 bits per heavy atom. The SMILES string of the molecule is O=[N+]([O-])c1ccc(/C=C/N=Nc2ccc(Cl)cc2)cc1. The van der Waals surface area contributed by atoms with E-state index in [0.29, 0.717) is 10.7 Å². The molecule has 0 atom stereocenters. The molecule has 0 spiro atoms. The van der Waals surface area contributed by atoms with Gasteiger partial charge in [0.15, 0.2) is 0 Å². The maximum atomic E-state index is 10.5. The van der Waals surface area contributed by atoms with E-state index in [1.807, 2.05) is 0 Å². The zero-order chi connectivity index (χ0) is 14.4. The van der Waals surface area contributed by atoms with Crippen molar-refractivity contribution >= 4 is 29.1 Å². The van der Waals surface area contributed by atoms with E-state index in [4.69, 9.17) is 11.6 Å². The topological polar surface area (TPSA) is 67.9 Å². The van der Waals surface area contributed by atoms with Gasteiger partial charge in [0.05, 0.1) is 16.8 Å². The fourth-order valence-electron chi connectivity index (χ4n) is 1.43. The van der Waals surface area contributed by atoms with Crippen LogP contribution in [0, 0.1) is 10.1 Å². The van der Waals surface area contributed by atoms with Gasteiger partial charge < -0.3 is 0 Å². The van der Waals surface area contributed by atoms with Crippen molar-refractivity contribution in [3.63, 3.8) is 0 Å². The van der Waals surface area contributed by atoms with Gasteiger partial charge in [-0.25, -0.2) is 0 Å². The Kier molecular flexibility index (Phi) is 4.57. The molecule has 2 aromatic rings. The Hall–Kier alpha value is -2.53. The number of halogens is 1. The van der Waals surface area contributed by atoms with Crippen LogP contribution in [0.5, 0.6) is 0 Å². The van der Waals surface area contributed by atoms with Crippen LogP contribution in [0.3, 0.4) is 0 Å². The third-order valence-corrected chi connectivity index (χ3v) is 2.69. The predicted molar refractivity (Wildman–Crippen MR) is 78.1 cm³/mol. The first-order chi connectivity index (χ1) is 9.65. The molecule has 0 aliphatic rings. The van der Waals surface area contributed by atoms with Crippen molar-refractivity contribution in [1.82, 2.24) is 0 Å². The summed E-state index contributed by atoms with van der Waals surface area (Å²) < 4.78 is 0. The van der Waals surface area contributed by atoms with Gasteiger partial charge in [0.25, 0.3) is 5.69 Å². The van der Waals surface area contributed by atoms with E-state index in [0.717, 1.165) is 5.56 Å². The number of nitro groups is 1. The van der Waals surface area contributed by atoms with Crippen LogP contribution in [-0.4, -0.2) is 4.92 Å². The quantitative estimate of drug-likeness (QED) is 0.451. The second-order valence-electron chi connectivity index (χ2n) is 3.86. The van der Waals surface area contributed by atoms with Crippen LogP contribution in [0.15, 0.2) is 65.0 Å². The zero-order valence-corrected chi connectivity index (χ0v) is 11.1. The van der Waals surface area contributed by atoms with Crippen molar-refractivity contribution in [1.29, 1.82) is 0 Å². The highest BCUT2D eigenvalue weighted by atomic mass is 35.5. The summed E-state index contributed by atoms with van der Waals surface area (Å²) in [6.07, 6.45) is 3.24. The average Bonchev–Trinajstić information content (AvgIpc) is 2.46.